The molecule has 0 bridgehead atoms. The lowest BCUT2D eigenvalue weighted by atomic mass is 9.95. The maximum atomic E-state index is 12.8. The normalized spacial score (nSPS) is 10.6. The number of nitrogens with one attached hydrogen (secondary N) is 3. The minimum Gasteiger partial charge on any atom is -0.505 e. The second kappa shape index (κ2) is 11.4. The summed E-state index contributed by atoms with van der Waals surface area (Å²) in [5, 5.41) is 33.8. The third-order valence-corrected chi connectivity index (χ3v) is 5.57. The number of aliphatic hydroxyl groups is 1. The molecule has 3 rings (SSSR count). The predicted octanol–water partition coefficient (Wildman–Crippen LogP) is 3.23. The molecular weight excluding hydrogens is 454 g/mol. The number of amidine groups is 1. The number of aliphatic hydroxyl groups excluding tert-OH is 1. The summed E-state index contributed by atoms with van der Waals surface area (Å²) in [6, 6.07) is 15.7. The van der Waals surface area contributed by atoms with Crippen LogP contribution < -0.4 is 22.1 Å². The van der Waals surface area contributed by atoms with Crippen molar-refractivity contribution in [3.63, 3.8) is 0 Å². The molecule has 0 unspecified atom stereocenters. The summed E-state index contributed by atoms with van der Waals surface area (Å²) in [5.41, 5.74) is 15.4. The number of anilines is 2. The van der Waals surface area contributed by atoms with Crippen molar-refractivity contribution in [1.29, 1.82) is 5.41 Å². The minimum absolute atomic E-state index is 0.00548. The third-order valence-electron chi connectivity index (χ3n) is 5.27. The van der Waals surface area contributed by atoms with E-state index in [-0.39, 0.29) is 37.1 Å². The Morgan fingerprint density at radius 1 is 1.12 bits per heavy atom. The molecule has 0 fully saturated rings. The Morgan fingerprint density at radius 3 is 2.50 bits per heavy atom. The van der Waals surface area contributed by atoms with Crippen molar-refractivity contribution >= 4 is 34.7 Å². The number of phenolic OH excluding ortho intramolecular Hbond substituents is 1. The average Bonchev–Trinajstić information content (AvgIpc) is 2.81. The number of amides is 1. The van der Waals surface area contributed by atoms with Crippen molar-refractivity contribution < 1.29 is 15.0 Å². The summed E-state index contributed by atoms with van der Waals surface area (Å²) >= 11 is 6.60. The van der Waals surface area contributed by atoms with E-state index in [1.54, 1.807) is 48.5 Å². The van der Waals surface area contributed by atoms with Crippen molar-refractivity contribution in [3.05, 3.63) is 76.3 Å². The van der Waals surface area contributed by atoms with Crippen molar-refractivity contribution in [1.82, 2.24) is 5.32 Å². The number of carbonyl (C=O) groups excluding carboxylic acids is 1. The van der Waals surface area contributed by atoms with Crippen molar-refractivity contribution in [3.8, 4) is 16.9 Å². The SMILES string of the molecule is N=C(N)c1ccc(CNC(=O)Cc2c(O)c(NCCCO)cc(Cl)c2-c2cccc(N)c2)cc1. The van der Waals surface area contributed by atoms with Gasteiger partial charge in [-0.3, -0.25) is 10.2 Å². The predicted molar refractivity (Wildman–Crippen MR) is 136 cm³/mol. The number of rotatable bonds is 10. The Morgan fingerprint density at radius 2 is 1.85 bits per heavy atom. The Balaban J connectivity index is 1.87. The van der Waals surface area contributed by atoms with Crippen LogP contribution in [0.25, 0.3) is 11.1 Å². The third kappa shape index (κ3) is 6.18. The first kappa shape index (κ1) is 24.9. The van der Waals surface area contributed by atoms with Crippen LogP contribution in [-0.2, 0) is 17.8 Å². The highest BCUT2D eigenvalue weighted by Gasteiger charge is 2.21. The molecule has 0 aliphatic rings. The zero-order chi connectivity index (χ0) is 24.7. The van der Waals surface area contributed by atoms with Crippen LogP contribution in [0.2, 0.25) is 5.02 Å². The minimum atomic E-state index is -0.306. The molecule has 0 aromatic heterocycles. The van der Waals surface area contributed by atoms with Gasteiger partial charge in [0.1, 0.15) is 11.6 Å². The number of nitrogen functional groups attached to an aromatic ring is 2. The molecule has 0 spiro atoms. The van der Waals surface area contributed by atoms with E-state index in [0.717, 1.165) is 5.56 Å². The van der Waals surface area contributed by atoms with Crippen molar-refractivity contribution in [2.45, 2.75) is 19.4 Å². The lowest BCUT2D eigenvalue weighted by Gasteiger charge is -2.18. The lowest BCUT2D eigenvalue weighted by Crippen LogP contribution is -2.25. The molecule has 34 heavy (non-hydrogen) atoms. The van der Waals surface area contributed by atoms with Crippen molar-refractivity contribution in [2.24, 2.45) is 5.73 Å². The summed E-state index contributed by atoms with van der Waals surface area (Å²) in [5.74, 6) is -0.412. The van der Waals surface area contributed by atoms with E-state index < -0.39 is 0 Å². The highest BCUT2D eigenvalue weighted by Crippen LogP contribution is 2.42. The van der Waals surface area contributed by atoms with Crippen LogP contribution in [0.5, 0.6) is 5.75 Å². The van der Waals surface area contributed by atoms with Crippen LogP contribution in [-0.4, -0.2) is 35.1 Å². The molecule has 0 heterocycles. The van der Waals surface area contributed by atoms with E-state index >= 15 is 0 Å². The molecule has 0 aliphatic carbocycles. The molecule has 1 amide bonds. The summed E-state index contributed by atoms with van der Waals surface area (Å²) in [6.45, 7) is 0.707. The van der Waals surface area contributed by atoms with E-state index in [1.165, 1.54) is 0 Å². The van der Waals surface area contributed by atoms with Gasteiger partial charge in [-0.05, 0) is 35.7 Å². The largest absolute Gasteiger partial charge is 0.505 e. The summed E-state index contributed by atoms with van der Waals surface area (Å²) in [6.07, 6.45) is 0.378. The molecule has 3 aromatic carbocycles. The number of hydrogen-bond donors (Lipinski definition) is 7. The molecule has 0 aliphatic heterocycles. The van der Waals surface area contributed by atoms with Gasteiger partial charge in [-0.1, -0.05) is 48.0 Å². The highest BCUT2D eigenvalue weighted by atomic mass is 35.5. The maximum absolute atomic E-state index is 12.8. The molecule has 0 atom stereocenters. The number of carbonyl (C=O) groups is 1. The number of halogens is 1. The molecule has 178 valence electrons. The summed E-state index contributed by atoms with van der Waals surface area (Å²) < 4.78 is 0. The zero-order valence-electron chi connectivity index (χ0n) is 18.6. The molecule has 9 heteroatoms. The van der Waals surface area contributed by atoms with Crippen LogP contribution in [0.1, 0.15) is 23.1 Å². The maximum Gasteiger partial charge on any atom is 0.224 e. The van der Waals surface area contributed by atoms with Gasteiger partial charge in [0.25, 0.3) is 0 Å². The molecule has 0 radical (unpaired) electrons. The quantitative estimate of drug-likeness (QED) is 0.0774. The van der Waals surface area contributed by atoms with E-state index in [1.807, 2.05) is 6.07 Å². The van der Waals surface area contributed by atoms with E-state index in [0.29, 0.717) is 51.6 Å². The zero-order valence-corrected chi connectivity index (χ0v) is 19.3. The van der Waals surface area contributed by atoms with Gasteiger partial charge in [0.2, 0.25) is 5.91 Å². The fraction of sp³-hybridized carbons (Fsp3) is 0.200. The average molecular weight is 482 g/mol. The van der Waals surface area contributed by atoms with Crippen LogP contribution >= 0.6 is 11.6 Å². The number of hydrogen-bond acceptors (Lipinski definition) is 6. The van der Waals surface area contributed by atoms with Gasteiger partial charge in [0.05, 0.1) is 17.1 Å². The Labute approximate surface area is 203 Å². The fourth-order valence-electron chi connectivity index (χ4n) is 3.53. The topological polar surface area (TPSA) is 157 Å². The Bertz CT molecular complexity index is 1180. The van der Waals surface area contributed by atoms with Gasteiger partial charge < -0.3 is 32.3 Å². The monoisotopic (exact) mass is 481 g/mol. The first-order valence-electron chi connectivity index (χ1n) is 10.7. The van der Waals surface area contributed by atoms with E-state index in [2.05, 4.69) is 10.6 Å². The van der Waals surface area contributed by atoms with Crippen molar-refractivity contribution in [2.75, 3.05) is 24.2 Å². The molecule has 8 nitrogen and oxygen atoms in total. The number of aromatic hydroxyl groups is 1. The number of benzene rings is 3. The summed E-state index contributed by atoms with van der Waals surface area (Å²) in [7, 11) is 0. The van der Waals surface area contributed by atoms with Crippen LogP contribution in [0.3, 0.4) is 0 Å². The summed E-state index contributed by atoms with van der Waals surface area (Å²) in [4.78, 5) is 12.8. The molecule has 3 aromatic rings. The lowest BCUT2D eigenvalue weighted by molar-refractivity contribution is -0.120. The van der Waals surface area contributed by atoms with Crippen LogP contribution in [0.4, 0.5) is 11.4 Å². The van der Waals surface area contributed by atoms with E-state index in [9.17, 15) is 9.90 Å². The number of phenols is 1. The van der Waals surface area contributed by atoms with Crippen LogP contribution in [0, 0.1) is 5.41 Å². The molecule has 0 saturated heterocycles. The smallest absolute Gasteiger partial charge is 0.224 e. The van der Waals surface area contributed by atoms with Gasteiger partial charge in [-0.25, -0.2) is 0 Å². The second-order valence-corrected chi connectivity index (χ2v) is 8.21. The van der Waals surface area contributed by atoms with Gasteiger partial charge in [0.15, 0.2) is 0 Å². The Hall–Kier alpha value is -3.75. The standard InChI is InChI=1S/C25H28ClN5O3/c26-20-13-21(30-9-2-10-32)24(34)19(23(20)17-3-1-4-18(27)11-17)12-22(33)31-14-15-5-7-16(8-6-15)25(28)29/h1,3-8,11,13,30,32,34H,2,9-10,12,14,27H2,(H3,28,29)(H,31,33). The molecular formula is C25H28ClN5O3. The van der Waals surface area contributed by atoms with Crippen LogP contribution in [0.15, 0.2) is 54.6 Å². The van der Waals surface area contributed by atoms with Gasteiger partial charge in [-0.15, -0.1) is 0 Å². The highest BCUT2D eigenvalue weighted by molar-refractivity contribution is 6.34. The Kier molecular flexibility index (Phi) is 8.34. The van der Waals surface area contributed by atoms with Gasteiger partial charge in [-0.2, -0.15) is 0 Å². The molecule has 9 N–H and O–H groups in total. The second-order valence-electron chi connectivity index (χ2n) is 7.80. The van der Waals surface area contributed by atoms with Gasteiger partial charge in [0, 0.05) is 42.1 Å². The number of nitrogens with two attached hydrogens (primary N) is 2. The fourth-order valence-corrected chi connectivity index (χ4v) is 3.87. The molecule has 0 saturated carbocycles. The first-order chi connectivity index (χ1) is 16.3. The van der Waals surface area contributed by atoms with Gasteiger partial charge >= 0.3 is 0 Å². The van der Waals surface area contributed by atoms with E-state index in [4.69, 9.17) is 33.6 Å². The first-order valence-corrected chi connectivity index (χ1v) is 11.1.